The molecule has 1 unspecified atom stereocenters. The Kier molecular flexibility index (Phi) is 8.93. The summed E-state index contributed by atoms with van der Waals surface area (Å²) in [5, 5.41) is 3.19. The van der Waals surface area contributed by atoms with Gasteiger partial charge in [0.05, 0.1) is 12.5 Å². The monoisotopic (exact) mass is 352 g/mol. The van der Waals surface area contributed by atoms with Gasteiger partial charge in [-0.3, -0.25) is 4.79 Å². The second kappa shape index (κ2) is 9.30. The molecular formula is C15H23Cl2FN2O2. The molecule has 0 aliphatic heterocycles. The number of carbonyl (C=O) groups is 1. The molecule has 0 radical (unpaired) electrons. The van der Waals surface area contributed by atoms with Crippen molar-refractivity contribution in [3.8, 4) is 0 Å². The van der Waals surface area contributed by atoms with Gasteiger partial charge in [0.2, 0.25) is 5.91 Å². The van der Waals surface area contributed by atoms with Crippen molar-refractivity contribution < 1.29 is 13.9 Å². The van der Waals surface area contributed by atoms with Crippen LogP contribution in [0.15, 0.2) is 18.2 Å². The number of carbonyl (C=O) groups excluding carboxylic acids is 1. The van der Waals surface area contributed by atoms with Crippen molar-refractivity contribution in [3.05, 3.63) is 34.6 Å². The second-order valence-corrected chi connectivity index (χ2v) is 5.99. The summed E-state index contributed by atoms with van der Waals surface area (Å²) in [6.45, 7) is 4.54. The molecule has 4 nitrogen and oxygen atoms in total. The third-order valence-electron chi connectivity index (χ3n) is 3.40. The van der Waals surface area contributed by atoms with Crippen molar-refractivity contribution in [1.82, 2.24) is 5.32 Å². The van der Waals surface area contributed by atoms with Gasteiger partial charge in [0.25, 0.3) is 0 Å². The molecule has 126 valence electrons. The zero-order valence-electron chi connectivity index (χ0n) is 13.0. The largest absolute Gasteiger partial charge is 0.380 e. The fourth-order valence-corrected chi connectivity index (χ4v) is 2.42. The summed E-state index contributed by atoms with van der Waals surface area (Å²) in [5.74, 6) is -0.520. The summed E-state index contributed by atoms with van der Waals surface area (Å²) in [5.41, 5.74) is 5.85. The van der Waals surface area contributed by atoms with Crippen LogP contribution in [0, 0.1) is 5.82 Å². The molecule has 0 saturated carbocycles. The van der Waals surface area contributed by atoms with Crippen molar-refractivity contribution in [2.75, 3.05) is 20.2 Å². The van der Waals surface area contributed by atoms with Crippen LogP contribution in [0.3, 0.4) is 0 Å². The summed E-state index contributed by atoms with van der Waals surface area (Å²) < 4.78 is 18.2. The van der Waals surface area contributed by atoms with Crippen LogP contribution in [0.5, 0.6) is 0 Å². The summed E-state index contributed by atoms with van der Waals surface area (Å²) in [4.78, 5) is 11.8. The number of nitrogens with one attached hydrogen (secondary N) is 1. The highest BCUT2D eigenvalue weighted by Gasteiger charge is 2.24. The minimum absolute atomic E-state index is 0. The Hall–Kier alpha value is -0.880. The fraction of sp³-hybridized carbons (Fsp3) is 0.533. The maximum Gasteiger partial charge on any atom is 0.222 e. The van der Waals surface area contributed by atoms with Crippen LogP contribution in [0.1, 0.15) is 25.8 Å². The molecule has 7 heteroatoms. The third-order valence-corrected chi connectivity index (χ3v) is 3.71. The lowest BCUT2D eigenvalue weighted by Crippen LogP contribution is -2.39. The Morgan fingerprint density at radius 2 is 2.14 bits per heavy atom. The summed E-state index contributed by atoms with van der Waals surface area (Å²) in [6, 6.07) is 4.28. The van der Waals surface area contributed by atoms with Crippen LogP contribution in [-0.2, 0) is 14.9 Å². The third kappa shape index (κ3) is 6.08. The normalized spacial score (nSPS) is 12.5. The molecule has 1 amide bonds. The van der Waals surface area contributed by atoms with E-state index in [0.717, 1.165) is 5.56 Å². The standard InChI is InChI=1S/C15H22ClFN2O2.ClH/c1-15(2,12-5-4-10(17)6-13(12)16)9-19-14(20)7-11(8-18)21-3;/h4-6,11H,7-9,18H2,1-3H3,(H,19,20);1H. The average Bonchev–Trinajstić information content (AvgIpc) is 2.42. The van der Waals surface area contributed by atoms with Gasteiger partial charge in [-0.15, -0.1) is 12.4 Å². The van der Waals surface area contributed by atoms with E-state index >= 15 is 0 Å². The predicted octanol–water partition coefficient (Wildman–Crippen LogP) is 2.66. The molecule has 0 aliphatic rings. The van der Waals surface area contributed by atoms with Crippen LogP contribution in [0.25, 0.3) is 0 Å². The zero-order valence-corrected chi connectivity index (χ0v) is 14.6. The lowest BCUT2D eigenvalue weighted by atomic mass is 9.84. The summed E-state index contributed by atoms with van der Waals surface area (Å²) in [6.07, 6.45) is -0.0808. The molecule has 1 atom stereocenters. The number of halogens is 3. The van der Waals surface area contributed by atoms with E-state index in [1.807, 2.05) is 13.8 Å². The van der Waals surface area contributed by atoms with Gasteiger partial charge < -0.3 is 15.8 Å². The average molecular weight is 353 g/mol. The molecule has 0 bridgehead atoms. The van der Waals surface area contributed by atoms with Crippen LogP contribution in [0.4, 0.5) is 4.39 Å². The van der Waals surface area contributed by atoms with E-state index in [1.54, 1.807) is 6.07 Å². The van der Waals surface area contributed by atoms with Crippen LogP contribution in [0.2, 0.25) is 5.02 Å². The topological polar surface area (TPSA) is 64.3 Å². The lowest BCUT2D eigenvalue weighted by molar-refractivity contribution is -0.123. The molecule has 0 aliphatic carbocycles. The number of ether oxygens (including phenoxy) is 1. The Labute approximate surface area is 142 Å². The minimum Gasteiger partial charge on any atom is -0.380 e. The molecule has 0 aromatic heterocycles. The Morgan fingerprint density at radius 3 is 2.64 bits per heavy atom. The minimum atomic E-state index is -0.411. The maximum atomic E-state index is 13.1. The van der Waals surface area contributed by atoms with Gasteiger partial charge in [0.1, 0.15) is 5.82 Å². The van der Waals surface area contributed by atoms with Gasteiger partial charge in [0, 0.05) is 30.6 Å². The number of amides is 1. The Balaban J connectivity index is 0.00000441. The van der Waals surface area contributed by atoms with Gasteiger partial charge in [-0.05, 0) is 17.7 Å². The molecule has 22 heavy (non-hydrogen) atoms. The molecule has 1 aromatic carbocycles. The molecule has 0 spiro atoms. The van der Waals surface area contributed by atoms with Crippen LogP contribution < -0.4 is 11.1 Å². The van der Waals surface area contributed by atoms with E-state index in [9.17, 15) is 9.18 Å². The second-order valence-electron chi connectivity index (χ2n) is 5.58. The Bertz CT molecular complexity index is 494. The number of methoxy groups -OCH3 is 1. The molecular weight excluding hydrogens is 330 g/mol. The highest BCUT2D eigenvalue weighted by Crippen LogP contribution is 2.29. The highest BCUT2D eigenvalue weighted by atomic mass is 35.5. The van der Waals surface area contributed by atoms with E-state index in [0.29, 0.717) is 11.6 Å². The van der Waals surface area contributed by atoms with Gasteiger partial charge in [-0.1, -0.05) is 31.5 Å². The van der Waals surface area contributed by atoms with Crippen molar-refractivity contribution >= 4 is 29.9 Å². The maximum absolute atomic E-state index is 13.1. The lowest BCUT2D eigenvalue weighted by Gasteiger charge is -2.27. The molecule has 1 rings (SSSR count). The van der Waals surface area contributed by atoms with E-state index in [-0.39, 0.29) is 43.2 Å². The predicted molar refractivity (Wildman–Crippen MR) is 89.2 cm³/mol. The summed E-state index contributed by atoms with van der Waals surface area (Å²) >= 11 is 6.07. The van der Waals surface area contributed by atoms with Crippen molar-refractivity contribution in [2.45, 2.75) is 31.8 Å². The Morgan fingerprint density at radius 1 is 1.50 bits per heavy atom. The number of hydrogen-bond donors (Lipinski definition) is 2. The molecule has 0 heterocycles. The van der Waals surface area contributed by atoms with Gasteiger partial charge >= 0.3 is 0 Å². The van der Waals surface area contributed by atoms with Gasteiger partial charge in [-0.25, -0.2) is 4.39 Å². The quantitative estimate of drug-likeness (QED) is 0.792. The van der Waals surface area contributed by atoms with Crippen molar-refractivity contribution in [3.63, 3.8) is 0 Å². The summed E-state index contributed by atoms with van der Waals surface area (Å²) in [7, 11) is 1.52. The van der Waals surface area contributed by atoms with Crippen LogP contribution in [-0.4, -0.2) is 32.2 Å². The number of nitrogens with two attached hydrogens (primary N) is 1. The first-order valence-corrected chi connectivity index (χ1v) is 7.13. The molecule has 0 saturated heterocycles. The van der Waals surface area contributed by atoms with Gasteiger partial charge in [0.15, 0.2) is 0 Å². The van der Waals surface area contributed by atoms with E-state index < -0.39 is 5.41 Å². The number of rotatable bonds is 7. The number of benzene rings is 1. The van der Waals surface area contributed by atoms with Crippen LogP contribution >= 0.6 is 24.0 Å². The highest BCUT2D eigenvalue weighted by molar-refractivity contribution is 6.31. The molecule has 3 N–H and O–H groups in total. The van der Waals surface area contributed by atoms with Crippen molar-refractivity contribution in [1.29, 1.82) is 0 Å². The van der Waals surface area contributed by atoms with Gasteiger partial charge in [-0.2, -0.15) is 0 Å². The van der Waals surface area contributed by atoms with E-state index in [1.165, 1.54) is 19.2 Å². The SMILES string of the molecule is COC(CN)CC(=O)NCC(C)(C)c1ccc(F)cc1Cl.Cl. The zero-order chi connectivity index (χ0) is 16.0. The first-order valence-electron chi connectivity index (χ1n) is 6.75. The first-order chi connectivity index (χ1) is 9.80. The molecule has 1 aromatic rings. The first kappa shape index (κ1) is 21.1. The molecule has 0 fully saturated rings. The number of hydrogen-bond acceptors (Lipinski definition) is 3. The smallest absolute Gasteiger partial charge is 0.222 e. The van der Waals surface area contributed by atoms with Crippen molar-refractivity contribution in [2.24, 2.45) is 5.73 Å². The van der Waals surface area contributed by atoms with E-state index in [4.69, 9.17) is 22.1 Å². The van der Waals surface area contributed by atoms with E-state index in [2.05, 4.69) is 5.32 Å². The fourth-order valence-electron chi connectivity index (χ4n) is 1.99.